The van der Waals surface area contributed by atoms with Gasteiger partial charge in [0.15, 0.2) is 0 Å². The fourth-order valence-electron chi connectivity index (χ4n) is 11.5. The van der Waals surface area contributed by atoms with Gasteiger partial charge in [0.25, 0.3) is 0 Å². The molecule has 0 aromatic rings. The first-order chi connectivity index (χ1) is 45.3. The van der Waals surface area contributed by atoms with Crippen molar-refractivity contribution in [3.05, 3.63) is 0 Å². The second kappa shape index (κ2) is 41.1. The number of nitrogens with one attached hydrogen (secondary N) is 9. The summed E-state index contributed by atoms with van der Waals surface area (Å²) < 4.78 is 0. The van der Waals surface area contributed by atoms with Crippen LogP contribution in [0.15, 0.2) is 0 Å². The van der Waals surface area contributed by atoms with Gasteiger partial charge in [-0.25, -0.2) is 0 Å². The standard InChI is InChI=1S/C61H103N15O20/c1-32(2)28-39(69-55(90)42-16-13-27-76(42)61(96)49(34(5)6)73-57(92)44-18-12-26-75(44)59(94)40(30-77)70-50(85)35(64)14-7-9-23-62)54(89)71-41(31-78)60(95)74-25-11-17-43(74)56(91)72-48(33(3)4)58(93)68-38(20-22-46(81)82)53(88)67-37(19-21-45(79)80)52(87)66-36(15-8-10-24-63)51(86)65-29-47(83)84/h32-44,48-49,77-78H,7-31,62-64H2,1-6H3,(H,65,86)(H,66,87)(H,67,88)(H,68,93)(H,69,90)(H,70,85)(H,71,89)(H,72,91)(H,73,92)(H,79,80)(H,81,82)(H,83,84)/t35-,36-,37-,38-,39-,40-,41-,42-,43-,44-,48-,49-/m0/s1. The Balaban J connectivity index is 1.77. The Hall–Kier alpha value is -8.15. The van der Waals surface area contributed by atoms with Crippen LogP contribution in [-0.4, -0.2) is 254 Å². The van der Waals surface area contributed by atoms with Crippen molar-refractivity contribution in [3.8, 4) is 0 Å². The topological polar surface area (TPSA) is 553 Å². The van der Waals surface area contributed by atoms with Gasteiger partial charge in [0.05, 0.1) is 19.3 Å². The molecule has 542 valence electrons. The van der Waals surface area contributed by atoms with E-state index in [1.807, 2.05) is 0 Å². The summed E-state index contributed by atoms with van der Waals surface area (Å²) >= 11 is 0. The zero-order chi connectivity index (χ0) is 72.1. The summed E-state index contributed by atoms with van der Waals surface area (Å²) in [5.41, 5.74) is 17.1. The summed E-state index contributed by atoms with van der Waals surface area (Å²) in [6, 6.07) is -16.4. The van der Waals surface area contributed by atoms with Crippen molar-refractivity contribution in [1.82, 2.24) is 62.6 Å². The minimum Gasteiger partial charge on any atom is -0.481 e. The first-order valence-electron chi connectivity index (χ1n) is 33.0. The number of aliphatic hydroxyl groups excluding tert-OH is 2. The Morgan fingerprint density at radius 1 is 0.417 bits per heavy atom. The number of carbonyl (C=O) groups is 15. The second-order valence-corrected chi connectivity index (χ2v) is 25.5. The minimum absolute atomic E-state index is 0.00912. The molecule has 12 atom stereocenters. The molecule has 0 bridgehead atoms. The number of rotatable bonds is 42. The second-order valence-electron chi connectivity index (χ2n) is 25.5. The normalized spacial score (nSPS) is 18.9. The fraction of sp³-hybridized carbons (Fsp3) is 0.754. The molecule has 0 aromatic heterocycles. The molecule has 0 aromatic carbocycles. The van der Waals surface area contributed by atoms with Gasteiger partial charge in [-0.15, -0.1) is 0 Å². The molecule has 12 amide bonds. The third-order valence-corrected chi connectivity index (χ3v) is 16.8. The Morgan fingerprint density at radius 3 is 1.20 bits per heavy atom. The molecule has 0 spiro atoms. The van der Waals surface area contributed by atoms with Gasteiger partial charge in [0, 0.05) is 32.5 Å². The Labute approximate surface area is 557 Å². The zero-order valence-electron chi connectivity index (χ0n) is 55.8. The Morgan fingerprint density at radius 2 is 0.792 bits per heavy atom. The third-order valence-electron chi connectivity index (χ3n) is 16.8. The predicted molar refractivity (Wildman–Crippen MR) is 341 cm³/mol. The number of carbonyl (C=O) groups excluding carboxylic acids is 12. The van der Waals surface area contributed by atoms with Crippen LogP contribution in [0.3, 0.4) is 0 Å². The third kappa shape index (κ3) is 25.8. The SMILES string of the molecule is CC(C)C[C@H](NC(=O)[C@@H]1CCCN1C(=O)[C@@H](NC(=O)[C@@H]1CCCN1C(=O)[C@H](CO)NC(=O)[C@@H](N)CCCCN)C(C)C)C(=O)N[C@@H](CO)C(=O)N1CCC[C@H]1C(=O)N[C@H](C(=O)N[C@@H](CCC(=O)O)C(=O)N[C@@H](CCC(=O)O)C(=O)N[C@@H](CCCCN)C(=O)NCC(=O)O)C(C)C. The maximum atomic E-state index is 14.4. The number of likely N-dealkylation sites (tertiary alicyclic amines) is 3. The van der Waals surface area contributed by atoms with Crippen molar-refractivity contribution in [2.45, 2.75) is 223 Å². The molecule has 35 heteroatoms. The number of nitrogens with two attached hydrogens (primary N) is 3. The van der Waals surface area contributed by atoms with Crippen LogP contribution in [0.5, 0.6) is 0 Å². The van der Waals surface area contributed by atoms with E-state index in [2.05, 4.69) is 47.9 Å². The molecule has 96 heavy (non-hydrogen) atoms. The molecule has 35 nitrogen and oxygen atoms in total. The molecule has 3 fully saturated rings. The first kappa shape index (κ1) is 82.1. The number of carboxylic acid groups (broad SMARTS) is 3. The number of hydrogen-bond donors (Lipinski definition) is 17. The number of amides is 12. The number of aliphatic hydroxyl groups is 2. The number of unbranched alkanes of at least 4 members (excludes halogenated alkanes) is 2. The van der Waals surface area contributed by atoms with E-state index in [1.54, 1.807) is 27.7 Å². The lowest BCUT2D eigenvalue weighted by Gasteiger charge is -2.33. The lowest BCUT2D eigenvalue weighted by atomic mass is 10.00. The van der Waals surface area contributed by atoms with Crippen LogP contribution in [0.4, 0.5) is 0 Å². The van der Waals surface area contributed by atoms with E-state index >= 15 is 0 Å². The summed E-state index contributed by atoms with van der Waals surface area (Å²) in [5.74, 6) is -16.0. The van der Waals surface area contributed by atoms with E-state index in [-0.39, 0.29) is 77.0 Å². The zero-order valence-corrected chi connectivity index (χ0v) is 55.8. The van der Waals surface area contributed by atoms with E-state index in [4.69, 9.17) is 22.3 Å². The van der Waals surface area contributed by atoms with Gasteiger partial charge in [0.2, 0.25) is 70.9 Å². The van der Waals surface area contributed by atoms with Gasteiger partial charge < -0.3 is 105 Å². The maximum absolute atomic E-state index is 14.4. The van der Waals surface area contributed by atoms with Gasteiger partial charge >= 0.3 is 17.9 Å². The monoisotopic (exact) mass is 1370 g/mol. The van der Waals surface area contributed by atoms with Crippen molar-refractivity contribution in [1.29, 1.82) is 0 Å². The number of nitrogens with zero attached hydrogens (tertiary/aromatic N) is 3. The minimum atomic E-state index is -1.74. The highest BCUT2D eigenvalue weighted by Crippen LogP contribution is 2.25. The summed E-state index contributed by atoms with van der Waals surface area (Å²) in [4.78, 5) is 205. The van der Waals surface area contributed by atoms with Crippen molar-refractivity contribution < 1.29 is 97.5 Å². The lowest BCUT2D eigenvalue weighted by molar-refractivity contribution is -0.146. The quantitative estimate of drug-likeness (QED) is 0.0254. The highest BCUT2D eigenvalue weighted by molar-refractivity contribution is 6.00. The summed E-state index contributed by atoms with van der Waals surface area (Å²) in [5, 5.41) is 71.2. The number of hydrogen-bond acceptors (Lipinski definition) is 20. The Kier molecular flexibility index (Phi) is 35.1. The number of aliphatic carboxylic acids is 3. The molecule has 0 unspecified atom stereocenters. The van der Waals surface area contributed by atoms with E-state index < -0.39 is 219 Å². The van der Waals surface area contributed by atoms with E-state index in [0.29, 0.717) is 45.1 Å². The van der Waals surface area contributed by atoms with Crippen LogP contribution >= 0.6 is 0 Å². The van der Waals surface area contributed by atoms with Gasteiger partial charge in [-0.3, -0.25) is 71.9 Å². The molecule has 3 rings (SSSR count). The molecule has 20 N–H and O–H groups in total. The Bertz CT molecular complexity index is 2720. The fourth-order valence-corrected chi connectivity index (χ4v) is 11.5. The molecule has 3 aliphatic rings. The average molecular weight is 1370 g/mol. The molecule has 0 aliphatic carbocycles. The smallest absolute Gasteiger partial charge is 0.322 e. The number of carboxylic acids is 3. The summed E-state index contributed by atoms with van der Waals surface area (Å²) in [6.45, 7) is 8.14. The van der Waals surface area contributed by atoms with Crippen molar-refractivity contribution in [3.63, 3.8) is 0 Å². The van der Waals surface area contributed by atoms with Crippen LogP contribution in [0.25, 0.3) is 0 Å². The van der Waals surface area contributed by atoms with Gasteiger partial charge in [-0.1, -0.05) is 48.0 Å². The van der Waals surface area contributed by atoms with E-state index in [0.717, 1.165) is 4.90 Å². The van der Waals surface area contributed by atoms with Crippen molar-refractivity contribution in [2.24, 2.45) is 35.0 Å². The molecule has 0 radical (unpaired) electrons. The van der Waals surface area contributed by atoms with Crippen molar-refractivity contribution >= 4 is 88.8 Å². The molecule has 3 heterocycles. The highest BCUT2D eigenvalue weighted by atomic mass is 16.4. The van der Waals surface area contributed by atoms with Gasteiger partial charge in [-0.2, -0.15) is 0 Å². The summed E-state index contributed by atoms with van der Waals surface area (Å²) in [6.07, 6.45) is 1.00. The molecular formula is C61H103N15O20. The predicted octanol–water partition coefficient (Wildman–Crippen LogP) is -5.30. The maximum Gasteiger partial charge on any atom is 0.322 e. The van der Waals surface area contributed by atoms with E-state index in [9.17, 15) is 92.3 Å². The van der Waals surface area contributed by atoms with E-state index in [1.165, 1.54) is 23.6 Å². The molecular weight excluding hydrogens is 1260 g/mol. The van der Waals surface area contributed by atoms with Gasteiger partial charge in [0.1, 0.15) is 73.0 Å². The van der Waals surface area contributed by atoms with Crippen LogP contribution in [0.2, 0.25) is 0 Å². The first-order valence-corrected chi connectivity index (χ1v) is 33.0. The van der Waals surface area contributed by atoms with Gasteiger partial charge in [-0.05, 0) is 121 Å². The van der Waals surface area contributed by atoms with Crippen molar-refractivity contribution in [2.75, 3.05) is 52.5 Å². The molecule has 3 saturated heterocycles. The molecule has 0 saturated carbocycles. The van der Waals surface area contributed by atoms with Crippen LogP contribution in [-0.2, 0) is 71.9 Å². The van der Waals surface area contributed by atoms with Crippen LogP contribution in [0.1, 0.15) is 151 Å². The molecule has 3 aliphatic heterocycles. The van der Waals surface area contributed by atoms with Crippen LogP contribution in [0, 0.1) is 17.8 Å². The van der Waals surface area contributed by atoms with Crippen LogP contribution < -0.4 is 65.1 Å². The summed E-state index contributed by atoms with van der Waals surface area (Å²) in [7, 11) is 0. The largest absolute Gasteiger partial charge is 0.481 e. The average Bonchev–Trinajstić information content (AvgIpc) is 1.75. The lowest BCUT2D eigenvalue weighted by Crippen LogP contribution is -2.61. The highest BCUT2D eigenvalue weighted by Gasteiger charge is 2.45.